The maximum atomic E-state index is 9.89. The van der Waals surface area contributed by atoms with Crippen molar-refractivity contribution in [1.82, 2.24) is 0 Å². The third kappa shape index (κ3) is 18.2. The molecule has 0 heterocycles. The van der Waals surface area contributed by atoms with E-state index in [-0.39, 0.29) is 5.92 Å². The van der Waals surface area contributed by atoms with E-state index in [2.05, 4.69) is 6.92 Å². The molecule has 0 N–H and O–H groups in total. The zero-order valence-electron chi connectivity index (χ0n) is 9.04. The highest BCUT2D eigenvalue weighted by Crippen LogP contribution is 1.98. The molecule has 2 heteroatoms. The summed E-state index contributed by atoms with van der Waals surface area (Å²) >= 11 is 0. The highest BCUT2D eigenvalue weighted by atomic mass is 16.1. The summed E-state index contributed by atoms with van der Waals surface area (Å²) in [4.78, 5) is 19.4. The van der Waals surface area contributed by atoms with Gasteiger partial charge in [0.15, 0.2) is 0 Å². The molecule has 0 saturated carbocycles. The van der Waals surface area contributed by atoms with Crippen molar-refractivity contribution in [3.05, 3.63) is 11.6 Å². The van der Waals surface area contributed by atoms with E-state index in [9.17, 15) is 9.59 Å². The molecule has 0 fully saturated rings. The lowest BCUT2D eigenvalue weighted by Gasteiger charge is -1.94. The molecule has 0 saturated heterocycles. The lowest BCUT2D eigenvalue weighted by Crippen LogP contribution is -1.92. The van der Waals surface area contributed by atoms with Crippen LogP contribution in [0.5, 0.6) is 0 Å². The molecule has 0 aromatic heterocycles. The Morgan fingerprint density at radius 3 is 1.92 bits per heavy atom. The Balaban J connectivity index is 0. The predicted molar refractivity (Wildman–Crippen MR) is 55.6 cm³/mol. The first-order chi connectivity index (χ1) is 6.08. The van der Waals surface area contributed by atoms with Crippen LogP contribution in [-0.2, 0) is 9.59 Å². The van der Waals surface area contributed by atoms with Gasteiger partial charge < -0.3 is 4.79 Å². The first-order valence-electron chi connectivity index (χ1n) is 4.62. The van der Waals surface area contributed by atoms with Crippen LogP contribution < -0.4 is 0 Å². The maximum absolute atomic E-state index is 9.89. The third-order valence-electron chi connectivity index (χ3n) is 1.38. The summed E-state index contributed by atoms with van der Waals surface area (Å²) in [6.45, 7) is 7.79. The third-order valence-corrected chi connectivity index (χ3v) is 1.38. The fourth-order valence-electron chi connectivity index (χ4n) is 0.659. The van der Waals surface area contributed by atoms with Gasteiger partial charge in [-0.2, -0.15) is 0 Å². The van der Waals surface area contributed by atoms with Gasteiger partial charge in [0.25, 0.3) is 0 Å². The Bertz CT molecular complexity index is 155. The zero-order valence-corrected chi connectivity index (χ0v) is 9.04. The van der Waals surface area contributed by atoms with Gasteiger partial charge in [0.2, 0.25) is 0 Å². The normalized spacial score (nSPS) is 10.5. The van der Waals surface area contributed by atoms with Gasteiger partial charge in [0.05, 0.1) is 0 Å². The smallest absolute Gasteiger partial charge is 0.142 e. The second-order valence-corrected chi connectivity index (χ2v) is 3.28. The van der Waals surface area contributed by atoms with Crippen molar-refractivity contribution in [2.75, 3.05) is 0 Å². The number of carbonyl (C=O) groups is 2. The maximum Gasteiger partial charge on any atom is 0.142 e. The average Bonchev–Trinajstić information content (AvgIpc) is 2.05. The molecule has 0 rings (SSSR count). The zero-order chi connectivity index (χ0) is 10.7. The largest absolute Gasteiger partial charge is 0.303 e. The summed E-state index contributed by atoms with van der Waals surface area (Å²) in [5, 5.41) is 0. The summed E-state index contributed by atoms with van der Waals surface area (Å²) < 4.78 is 0. The fourth-order valence-corrected chi connectivity index (χ4v) is 0.659. The molecule has 0 aromatic carbocycles. The van der Waals surface area contributed by atoms with E-state index < -0.39 is 0 Å². The van der Waals surface area contributed by atoms with Crippen molar-refractivity contribution >= 4 is 12.6 Å². The summed E-state index contributed by atoms with van der Waals surface area (Å²) in [5.41, 5.74) is 1.05. The Kier molecular flexibility index (Phi) is 12.4. The predicted octanol–water partition coefficient (Wildman–Crippen LogP) is 2.77. The van der Waals surface area contributed by atoms with Gasteiger partial charge in [0, 0.05) is 5.92 Å². The van der Waals surface area contributed by atoms with Crippen LogP contribution in [0.25, 0.3) is 0 Å². The molecule has 0 aliphatic heterocycles. The highest BCUT2D eigenvalue weighted by Gasteiger charge is 1.93. The van der Waals surface area contributed by atoms with Crippen LogP contribution in [-0.4, -0.2) is 12.6 Å². The molecule has 0 aliphatic carbocycles. The molecule has 0 amide bonds. The van der Waals surface area contributed by atoms with Crippen molar-refractivity contribution in [3.8, 4) is 0 Å². The molecule has 0 radical (unpaired) electrons. The van der Waals surface area contributed by atoms with E-state index >= 15 is 0 Å². The van der Waals surface area contributed by atoms with Crippen LogP contribution in [0.3, 0.4) is 0 Å². The van der Waals surface area contributed by atoms with Crippen LogP contribution in [0.4, 0.5) is 0 Å². The van der Waals surface area contributed by atoms with Gasteiger partial charge in [-0.25, -0.2) is 0 Å². The molecule has 13 heavy (non-hydrogen) atoms. The molecule has 0 aliphatic rings. The monoisotopic (exact) mass is 184 g/mol. The van der Waals surface area contributed by atoms with Crippen LogP contribution >= 0.6 is 0 Å². The van der Waals surface area contributed by atoms with Crippen LogP contribution in [0.2, 0.25) is 0 Å². The van der Waals surface area contributed by atoms with Gasteiger partial charge in [-0.1, -0.05) is 25.8 Å². The van der Waals surface area contributed by atoms with E-state index in [1.54, 1.807) is 0 Å². The molecule has 0 bridgehead atoms. The summed E-state index contributed by atoms with van der Waals surface area (Å²) in [6.07, 6.45) is 5.46. The average molecular weight is 184 g/mol. The first kappa shape index (κ1) is 14.6. The number of allylic oxidation sites excluding steroid dienone is 2. The standard InChI is InChI=1S/C6H12O.C5H8O/c1-3-4-6(2)5-7;1-5(2)3-4-6/h5-6H,3-4H2,1-2H3;3-4H,1-2H3. The molecular formula is C11H20O2. The Morgan fingerprint density at radius 1 is 1.31 bits per heavy atom. The second kappa shape index (κ2) is 11.1. The number of carbonyl (C=O) groups excluding carboxylic acids is 2. The molecular weight excluding hydrogens is 164 g/mol. The Hall–Kier alpha value is -0.920. The van der Waals surface area contributed by atoms with E-state index in [0.29, 0.717) is 0 Å². The fraction of sp³-hybridized carbons (Fsp3) is 0.636. The van der Waals surface area contributed by atoms with Crippen molar-refractivity contribution in [3.63, 3.8) is 0 Å². The first-order valence-corrected chi connectivity index (χ1v) is 4.62. The molecule has 0 spiro atoms. The van der Waals surface area contributed by atoms with Gasteiger partial charge in [0.1, 0.15) is 12.6 Å². The Labute approximate surface area is 81.0 Å². The summed E-state index contributed by atoms with van der Waals surface area (Å²) in [7, 11) is 0. The van der Waals surface area contributed by atoms with Crippen LogP contribution in [0, 0.1) is 5.92 Å². The second-order valence-electron chi connectivity index (χ2n) is 3.28. The number of rotatable bonds is 4. The van der Waals surface area contributed by atoms with Crippen molar-refractivity contribution < 1.29 is 9.59 Å². The highest BCUT2D eigenvalue weighted by molar-refractivity contribution is 5.65. The molecule has 76 valence electrons. The lowest BCUT2D eigenvalue weighted by molar-refractivity contribution is -0.110. The molecule has 1 atom stereocenters. The number of hydrogen-bond donors (Lipinski definition) is 0. The van der Waals surface area contributed by atoms with E-state index in [1.165, 1.54) is 6.08 Å². The number of hydrogen-bond acceptors (Lipinski definition) is 2. The van der Waals surface area contributed by atoms with E-state index in [1.807, 2.05) is 20.8 Å². The minimum absolute atomic E-state index is 0.269. The lowest BCUT2D eigenvalue weighted by atomic mass is 10.1. The molecule has 0 aromatic rings. The van der Waals surface area contributed by atoms with E-state index in [0.717, 1.165) is 31.0 Å². The SMILES string of the molecule is CC(C)=CC=O.CCCC(C)C=O. The van der Waals surface area contributed by atoms with E-state index in [4.69, 9.17) is 0 Å². The quantitative estimate of drug-likeness (QED) is 0.497. The van der Waals surface area contributed by atoms with Gasteiger partial charge in [-0.15, -0.1) is 0 Å². The number of aldehydes is 2. The van der Waals surface area contributed by atoms with Gasteiger partial charge in [-0.05, 0) is 26.3 Å². The Morgan fingerprint density at radius 2 is 1.85 bits per heavy atom. The van der Waals surface area contributed by atoms with Crippen molar-refractivity contribution in [1.29, 1.82) is 0 Å². The van der Waals surface area contributed by atoms with Crippen LogP contribution in [0.1, 0.15) is 40.5 Å². The van der Waals surface area contributed by atoms with Crippen LogP contribution in [0.15, 0.2) is 11.6 Å². The molecule has 2 nitrogen and oxygen atoms in total. The van der Waals surface area contributed by atoms with Gasteiger partial charge in [-0.3, -0.25) is 4.79 Å². The molecule has 1 unspecified atom stereocenters. The van der Waals surface area contributed by atoms with Crippen molar-refractivity contribution in [2.45, 2.75) is 40.5 Å². The topological polar surface area (TPSA) is 34.1 Å². The van der Waals surface area contributed by atoms with Gasteiger partial charge >= 0.3 is 0 Å². The summed E-state index contributed by atoms with van der Waals surface area (Å²) in [6, 6.07) is 0. The summed E-state index contributed by atoms with van der Waals surface area (Å²) in [5.74, 6) is 0.269. The minimum Gasteiger partial charge on any atom is -0.303 e. The van der Waals surface area contributed by atoms with Crippen molar-refractivity contribution in [2.24, 2.45) is 5.92 Å². The minimum atomic E-state index is 0.269.